The minimum Gasteiger partial charge on any atom is -0.324 e. The first kappa shape index (κ1) is 16.6. The highest BCUT2D eigenvalue weighted by Gasteiger charge is 2.10. The predicted molar refractivity (Wildman–Crippen MR) is 95.5 cm³/mol. The number of halogens is 1. The minimum absolute atomic E-state index is 0.187. The normalized spacial score (nSPS) is 10.3. The molecule has 0 fully saturated rings. The van der Waals surface area contributed by atoms with Gasteiger partial charge < -0.3 is 10.6 Å². The van der Waals surface area contributed by atoms with Crippen LogP contribution in [0.25, 0.3) is 0 Å². The van der Waals surface area contributed by atoms with Crippen LogP contribution in [0.5, 0.6) is 0 Å². The molecule has 5 nitrogen and oxygen atoms in total. The van der Waals surface area contributed by atoms with Crippen LogP contribution in [-0.2, 0) is 6.42 Å². The van der Waals surface area contributed by atoms with Crippen LogP contribution in [0, 0.1) is 5.82 Å². The van der Waals surface area contributed by atoms with E-state index in [4.69, 9.17) is 0 Å². The summed E-state index contributed by atoms with van der Waals surface area (Å²) in [6.07, 6.45) is 2.46. The van der Waals surface area contributed by atoms with E-state index in [1.165, 1.54) is 36.0 Å². The van der Waals surface area contributed by atoms with Gasteiger partial charge in [-0.3, -0.25) is 4.79 Å². The fourth-order valence-corrected chi connectivity index (χ4v) is 2.26. The molecule has 0 bridgehead atoms. The Morgan fingerprint density at radius 2 is 1.88 bits per heavy atom. The van der Waals surface area contributed by atoms with E-state index in [1.54, 1.807) is 6.07 Å². The molecule has 3 rings (SSSR count). The average Bonchev–Trinajstić information content (AvgIpc) is 2.62. The molecule has 1 aromatic heterocycles. The van der Waals surface area contributed by atoms with Crippen LogP contribution >= 0.6 is 0 Å². The van der Waals surface area contributed by atoms with E-state index < -0.39 is 11.7 Å². The third-order valence-corrected chi connectivity index (χ3v) is 3.59. The van der Waals surface area contributed by atoms with Crippen LogP contribution in [0.4, 0.5) is 21.7 Å². The lowest BCUT2D eigenvalue weighted by molar-refractivity contribution is 0.102. The van der Waals surface area contributed by atoms with Gasteiger partial charge in [-0.05, 0) is 48.4 Å². The maximum atomic E-state index is 13.2. The first-order chi connectivity index (χ1) is 12.1. The van der Waals surface area contributed by atoms with Crippen molar-refractivity contribution in [2.75, 3.05) is 10.6 Å². The van der Waals surface area contributed by atoms with Gasteiger partial charge in [0.1, 0.15) is 11.5 Å². The number of benzene rings is 2. The number of nitrogens with zero attached hydrogens (tertiary/aromatic N) is 2. The molecule has 6 heteroatoms. The van der Waals surface area contributed by atoms with Gasteiger partial charge in [-0.1, -0.05) is 25.1 Å². The van der Waals surface area contributed by atoms with Crippen LogP contribution in [-0.4, -0.2) is 15.9 Å². The van der Waals surface area contributed by atoms with Crippen LogP contribution in [0.3, 0.4) is 0 Å². The molecule has 0 unspecified atom stereocenters. The summed E-state index contributed by atoms with van der Waals surface area (Å²) < 4.78 is 13.2. The largest absolute Gasteiger partial charge is 0.324 e. The maximum Gasteiger partial charge on any atom is 0.274 e. The van der Waals surface area contributed by atoms with E-state index in [9.17, 15) is 9.18 Å². The van der Waals surface area contributed by atoms with Crippen molar-refractivity contribution in [3.8, 4) is 0 Å². The Kier molecular flexibility index (Phi) is 4.99. The zero-order valence-electron chi connectivity index (χ0n) is 13.7. The maximum absolute atomic E-state index is 13.2. The molecule has 126 valence electrons. The highest BCUT2D eigenvalue weighted by Crippen LogP contribution is 2.15. The summed E-state index contributed by atoms with van der Waals surface area (Å²) in [5, 5.41) is 5.67. The number of hydrogen-bond acceptors (Lipinski definition) is 4. The van der Waals surface area contributed by atoms with E-state index in [0.29, 0.717) is 11.6 Å². The lowest BCUT2D eigenvalue weighted by Crippen LogP contribution is -2.14. The zero-order chi connectivity index (χ0) is 17.6. The molecule has 0 radical (unpaired) electrons. The summed E-state index contributed by atoms with van der Waals surface area (Å²) in [5.41, 5.74) is 2.62. The van der Waals surface area contributed by atoms with Gasteiger partial charge in [0.25, 0.3) is 5.91 Å². The van der Waals surface area contributed by atoms with Crippen molar-refractivity contribution in [2.45, 2.75) is 13.3 Å². The number of carbonyl (C=O) groups excluding carboxylic acids is 1. The van der Waals surface area contributed by atoms with E-state index >= 15 is 0 Å². The first-order valence-corrected chi connectivity index (χ1v) is 7.90. The van der Waals surface area contributed by atoms with Crippen molar-refractivity contribution in [1.29, 1.82) is 0 Å². The van der Waals surface area contributed by atoms with Crippen molar-refractivity contribution >= 4 is 23.2 Å². The van der Waals surface area contributed by atoms with Crippen molar-refractivity contribution in [3.05, 3.63) is 77.9 Å². The predicted octanol–water partition coefficient (Wildman–Crippen LogP) is 4.17. The van der Waals surface area contributed by atoms with E-state index in [2.05, 4.69) is 27.5 Å². The SMILES string of the molecule is CCc1ccc(Nc2nccc(C(=O)Nc3cccc(F)c3)n2)cc1. The summed E-state index contributed by atoms with van der Waals surface area (Å²) in [7, 11) is 0. The van der Waals surface area contributed by atoms with Gasteiger partial charge in [-0.25, -0.2) is 14.4 Å². The Bertz CT molecular complexity index is 881. The number of anilines is 3. The Morgan fingerprint density at radius 1 is 1.08 bits per heavy atom. The number of amides is 1. The van der Waals surface area contributed by atoms with Crippen LogP contribution in [0.15, 0.2) is 60.8 Å². The van der Waals surface area contributed by atoms with Crippen LogP contribution in [0.1, 0.15) is 23.0 Å². The summed E-state index contributed by atoms with van der Waals surface area (Å²) in [5.74, 6) is -0.535. The van der Waals surface area contributed by atoms with Crippen molar-refractivity contribution in [2.24, 2.45) is 0 Å². The van der Waals surface area contributed by atoms with Gasteiger partial charge in [-0.2, -0.15) is 0 Å². The van der Waals surface area contributed by atoms with Crippen molar-refractivity contribution in [3.63, 3.8) is 0 Å². The van der Waals surface area contributed by atoms with Crippen LogP contribution in [0.2, 0.25) is 0 Å². The average molecular weight is 336 g/mol. The number of rotatable bonds is 5. The van der Waals surface area contributed by atoms with Gasteiger partial charge in [0.15, 0.2) is 0 Å². The molecule has 2 N–H and O–H groups in total. The summed E-state index contributed by atoms with van der Waals surface area (Å²) in [4.78, 5) is 20.6. The first-order valence-electron chi connectivity index (χ1n) is 7.90. The smallest absolute Gasteiger partial charge is 0.274 e. The fourth-order valence-electron chi connectivity index (χ4n) is 2.26. The molecule has 0 atom stereocenters. The summed E-state index contributed by atoms with van der Waals surface area (Å²) in [6, 6.07) is 15.1. The molecule has 0 spiro atoms. The van der Waals surface area contributed by atoms with Crippen LogP contribution < -0.4 is 10.6 Å². The van der Waals surface area contributed by atoms with Gasteiger partial charge in [-0.15, -0.1) is 0 Å². The summed E-state index contributed by atoms with van der Waals surface area (Å²) in [6.45, 7) is 2.09. The molecule has 0 aliphatic carbocycles. The van der Waals surface area contributed by atoms with Gasteiger partial charge in [0.05, 0.1) is 0 Å². The second-order valence-corrected chi connectivity index (χ2v) is 5.41. The molecular formula is C19H17FN4O. The molecule has 0 aliphatic heterocycles. The third-order valence-electron chi connectivity index (χ3n) is 3.59. The Morgan fingerprint density at radius 3 is 2.60 bits per heavy atom. The second kappa shape index (κ2) is 7.53. The van der Waals surface area contributed by atoms with Gasteiger partial charge in [0, 0.05) is 17.6 Å². The fraction of sp³-hybridized carbons (Fsp3) is 0.105. The lowest BCUT2D eigenvalue weighted by Gasteiger charge is -2.08. The molecule has 1 heterocycles. The molecular weight excluding hydrogens is 319 g/mol. The number of nitrogens with one attached hydrogen (secondary N) is 2. The molecule has 3 aromatic rings. The summed E-state index contributed by atoms with van der Waals surface area (Å²) >= 11 is 0. The monoisotopic (exact) mass is 336 g/mol. The standard InChI is InChI=1S/C19H17FN4O/c1-2-13-6-8-15(9-7-13)23-19-21-11-10-17(24-19)18(25)22-16-5-3-4-14(20)12-16/h3-12H,2H2,1H3,(H,22,25)(H,21,23,24). The topological polar surface area (TPSA) is 66.9 Å². The second-order valence-electron chi connectivity index (χ2n) is 5.41. The number of hydrogen-bond donors (Lipinski definition) is 2. The Balaban J connectivity index is 1.72. The Hall–Kier alpha value is -3.28. The van der Waals surface area contributed by atoms with Gasteiger partial charge in [0.2, 0.25) is 5.95 Å². The number of carbonyl (C=O) groups is 1. The minimum atomic E-state index is -0.433. The molecule has 25 heavy (non-hydrogen) atoms. The van der Waals surface area contributed by atoms with Gasteiger partial charge >= 0.3 is 0 Å². The molecule has 0 saturated carbocycles. The van der Waals surface area contributed by atoms with Crippen molar-refractivity contribution < 1.29 is 9.18 Å². The molecule has 1 amide bonds. The molecule has 0 saturated heterocycles. The van der Waals surface area contributed by atoms with Crippen molar-refractivity contribution in [1.82, 2.24) is 9.97 Å². The zero-order valence-corrected chi connectivity index (χ0v) is 13.7. The Labute approximate surface area is 145 Å². The highest BCUT2D eigenvalue weighted by molar-refractivity contribution is 6.02. The third kappa shape index (κ3) is 4.38. The number of aromatic nitrogens is 2. The quantitative estimate of drug-likeness (QED) is 0.734. The lowest BCUT2D eigenvalue weighted by atomic mass is 10.1. The number of aryl methyl sites for hydroxylation is 1. The molecule has 2 aromatic carbocycles. The van der Waals surface area contributed by atoms with E-state index in [-0.39, 0.29) is 5.69 Å². The van der Waals surface area contributed by atoms with E-state index in [1.807, 2.05) is 24.3 Å². The van der Waals surface area contributed by atoms with E-state index in [0.717, 1.165) is 12.1 Å². The molecule has 0 aliphatic rings. The highest BCUT2D eigenvalue weighted by atomic mass is 19.1.